The molecule has 7 nitrogen and oxygen atoms in total. The summed E-state index contributed by atoms with van der Waals surface area (Å²) in [6, 6.07) is 19.5. The number of ether oxygens (including phenoxy) is 2. The number of aromatic nitrogens is 2. The zero-order chi connectivity index (χ0) is 22.0. The summed E-state index contributed by atoms with van der Waals surface area (Å²) < 4.78 is 12.4. The molecule has 0 aliphatic carbocycles. The van der Waals surface area contributed by atoms with E-state index in [0.29, 0.717) is 32.8 Å². The molecule has 158 valence electrons. The Morgan fingerprint density at radius 2 is 1.65 bits per heavy atom. The Kier molecular flexibility index (Phi) is 5.49. The summed E-state index contributed by atoms with van der Waals surface area (Å²) in [5.41, 5.74) is 2.55. The van der Waals surface area contributed by atoms with Crippen molar-refractivity contribution in [1.82, 2.24) is 4.73 Å². The van der Waals surface area contributed by atoms with E-state index in [1.807, 2.05) is 25.1 Å². The van der Waals surface area contributed by atoms with Crippen LogP contribution in [-0.2, 0) is 6.61 Å². The maximum Gasteiger partial charge on any atom is 0.357 e. The lowest BCUT2D eigenvalue weighted by atomic mass is 10.1. The van der Waals surface area contributed by atoms with Crippen molar-refractivity contribution in [3.05, 3.63) is 93.4 Å². The molecular formula is C24H22N2O5. The van der Waals surface area contributed by atoms with Crippen LogP contribution in [0, 0.1) is 12.1 Å². The van der Waals surface area contributed by atoms with Crippen LogP contribution in [0.2, 0.25) is 0 Å². The molecule has 1 aromatic heterocycles. The summed E-state index contributed by atoms with van der Waals surface area (Å²) in [5.74, 6) is 1.16. The SMILES string of the molecule is COc1ccc(COn2c(=O)c(-c3ccc(C)cc3)[n+]([O-])c3ccccc32)cc1OC. The maximum absolute atomic E-state index is 13.3. The molecule has 0 saturated carbocycles. The third-order valence-corrected chi connectivity index (χ3v) is 5.04. The van der Waals surface area contributed by atoms with Crippen LogP contribution in [0.3, 0.4) is 0 Å². The lowest BCUT2D eigenvalue weighted by molar-refractivity contribution is -0.566. The molecule has 0 aliphatic heterocycles. The van der Waals surface area contributed by atoms with Gasteiger partial charge in [-0.15, -0.1) is 4.73 Å². The molecule has 4 rings (SSSR count). The van der Waals surface area contributed by atoms with E-state index in [1.165, 1.54) is 4.73 Å². The fraction of sp³-hybridized carbons (Fsp3) is 0.167. The first-order chi connectivity index (χ1) is 15.0. The third-order valence-electron chi connectivity index (χ3n) is 5.04. The first-order valence-corrected chi connectivity index (χ1v) is 9.72. The van der Waals surface area contributed by atoms with Crippen LogP contribution in [0.1, 0.15) is 11.1 Å². The van der Waals surface area contributed by atoms with E-state index in [9.17, 15) is 10.0 Å². The van der Waals surface area contributed by atoms with Gasteiger partial charge in [-0.1, -0.05) is 35.9 Å². The summed E-state index contributed by atoms with van der Waals surface area (Å²) in [5, 5.41) is 13.0. The van der Waals surface area contributed by atoms with Gasteiger partial charge in [0, 0.05) is 6.07 Å². The molecule has 0 N–H and O–H groups in total. The number of hydrogen-bond acceptors (Lipinski definition) is 5. The lowest BCUT2D eigenvalue weighted by Gasteiger charge is -2.15. The van der Waals surface area contributed by atoms with Crippen LogP contribution >= 0.6 is 0 Å². The van der Waals surface area contributed by atoms with Crippen LogP contribution in [-0.4, -0.2) is 19.0 Å². The largest absolute Gasteiger partial charge is 0.618 e. The van der Waals surface area contributed by atoms with Gasteiger partial charge in [0.2, 0.25) is 5.52 Å². The summed E-state index contributed by atoms with van der Waals surface area (Å²) in [4.78, 5) is 19.2. The second kappa shape index (κ2) is 8.39. The molecule has 0 atom stereocenters. The lowest BCUT2D eigenvalue weighted by Crippen LogP contribution is -2.42. The molecular weight excluding hydrogens is 396 g/mol. The predicted octanol–water partition coefficient (Wildman–Crippen LogP) is 3.26. The average Bonchev–Trinajstić information content (AvgIpc) is 2.80. The molecule has 4 aromatic rings. The van der Waals surface area contributed by atoms with Gasteiger partial charge in [0.1, 0.15) is 6.61 Å². The second-order valence-corrected chi connectivity index (χ2v) is 7.06. The van der Waals surface area contributed by atoms with Gasteiger partial charge in [-0.2, -0.15) is 4.73 Å². The van der Waals surface area contributed by atoms with Crippen molar-refractivity contribution >= 4 is 11.0 Å². The van der Waals surface area contributed by atoms with E-state index in [2.05, 4.69) is 0 Å². The molecule has 7 heteroatoms. The highest BCUT2D eigenvalue weighted by atomic mass is 16.7. The van der Waals surface area contributed by atoms with E-state index in [-0.39, 0.29) is 12.3 Å². The van der Waals surface area contributed by atoms with Crippen LogP contribution in [0.4, 0.5) is 0 Å². The van der Waals surface area contributed by atoms with E-state index in [4.69, 9.17) is 14.3 Å². The highest BCUT2D eigenvalue weighted by Gasteiger charge is 2.23. The van der Waals surface area contributed by atoms with Gasteiger partial charge in [-0.3, -0.25) is 4.79 Å². The van der Waals surface area contributed by atoms with E-state index in [1.54, 1.807) is 62.8 Å². The molecule has 0 radical (unpaired) electrons. The van der Waals surface area contributed by atoms with Crippen LogP contribution in [0.15, 0.2) is 71.5 Å². The number of methoxy groups -OCH3 is 2. The zero-order valence-electron chi connectivity index (χ0n) is 17.5. The number of rotatable bonds is 6. The highest BCUT2D eigenvalue weighted by Crippen LogP contribution is 2.27. The van der Waals surface area contributed by atoms with Crippen molar-refractivity contribution in [2.45, 2.75) is 13.5 Å². The standard InChI is InChI=1S/C24H22N2O5/c1-16-8-11-18(12-9-16)23-24(27)26(20-7-5-4-6-19(20)25(23)28)31-15-17-10-13-21(29-2)22(14-17)30-3/h4-14H,15H2,1-3H3. The van der Waals surface area contributed by atoms with Crippen molar-refractivity contribution in [3.8, 4) is 22.8 Å². The molecule has 0 bridgehead atoms. The second-order valence-electron chi connectivity index (χ2n) is 7.06. The average molecular weight is 418 g/mol. The summed E-state index contributed by atoms with van der Waals surface area (Å²) in [7, 11) is 3.12. The van der Waals surface area contributed by atoms with Crippen molar-refractivity contribution in [3.63, 3.8) is 0 Å². The Bertz CT molecular complexity index is 1300. The predicted molar refractivity (Wildman–Crippen MR) is 117 cm³/mol. The van der Waals surface area contributed by atoms with Gasteiger partial charge in [-0.05, 0) is 42.8 Å². The van der Waals surface area contributed by atoms with Gasteiger partial charge in [0.15, 0.2) is 17.0 Å². The van der Waals surface area contributed by atoms with Crippen LogP contribution in [0.25, 0.3) is 22.3 Å². The molecule has 0 amide bonds. The molecule has 3 aromatic carbocycles. The van der Waals surface area contributed by atoms with E-state index in [0.717, 1.165) is 11.1 Å². The Balaban J connectivity index is 1.80. The highest BCUT2D eigenvalue weighted by molar-refractivity contribution is 5.73. The van der Waals surface area contributed by atoms with Crippen molar-refractivity contribution in [1.29, 1.82) is 0 Å². The molecule has 0 saturated heterocycles. The van der Waals surface area contributed by atoms with Crippen molar-refractivity contribution in [2.75, 3.05) is 14.2 Å². The number of nitrogens with zero attached hydrogens (tertiary/aromatic N) is 2. The number of para-hydroxylation sites is 2. The Morgan fingerprint density at radius 1 is 0.935 bits per heavy atom. The first-order valence-electron chi connectivity index (χ1n) is 9.72. The normalized spacial score (nSPS) is 10.8. The van der Waals surface area contributed by atoms with E-state index >= 15 is 0 Å². The topological polar surface area (TPSA) is 76.6 Å². The number of aryl methyl sites for hydroxylation is 1. The number of hydrogen-bond donors (Lipinski definition) is 0. The number of fused-ring (bicyclic) bond motifs is 1. The van der Waals surface area contributed by atoms with Crippen LogP contribution in [0.5, 0.6) is 11.5 Å². The fourth-order valence-electron chi connectivity index (χ4n) is 3.41. The Morgan fingerprint density at radius 3 is 2.35 bits per heavy atom. The zero-order valence-corrected chi connectivity index (χ0v) is 17.5. The number of benzene rings is 3. The van der Waals surface area contributed by atoms with Crippen molar-refractivity contribution in [2.24, 2.45) is 0 Å². The maximum atomic E-state index is 13.3. The molecule has 1 heterocycles. The summed E-state index contributed by atoms with van der Waals surface area (Å²) >= 11 is 0. The fourth-order valence-corrected chi connectivity index (χ4v) is 3.41. The molecule has 31 heavy (non-hydrogen) atoms. The van der Waals surface area contributed by atoms with Gasteiger partial charge < -0.3 is 19.5 Å². The summed E-state index contributed by atoms with van der Waals surface area (Å²) in [6.45, 7) is 2.04. The van der Waals surface area contributed by atoms with Gasteiger partial charge in [0.05, 0.1) is 19.8 Å². The van der Waals surface area contributed by atoms with Gasteiger partial charge in [0.25, 0.3) is 5.69 Å². The third kappa shape index (κ3) is 3.77. The smallest absolute Gasteiger partial charge is 0.357 e. The monoisotopic (exact) mass is 418 g/mol. The minimum absolute atomic E-state index is 0.00557. The first kappa shape index (κ1) is 20.3. The van der Waals surface area contributed by atoms with E-state index < -0.39 is 5.56 Å². The minimum Gasteiger partial charge on any atom is -0.618 e. The van der Waals surface area contributed by atoms with Gasteiger partial charge in [-0.25, -0.2) is 0 Å². The van der Waals surface area contributed by atoms with Gasteiger partial charge >= 0.3 is 5.56 Å². The molecule has 0 aliphatic rings. The quantitative estimate of drug-likeness (QED) is 0.355. The van der Waals surface area contributed by atoms with Crippen molar-refractivity contribution < 1.29 is 19.0 Å². The molecule has 0 unspecified atom stereocenters. The molecule has 0 spiro atoms. The Labute approximate surface area is 179 Å². The summed E-state index contributed by atoms with van der Waals surface area (Å²) in [6.07, 6.45) is 0. The Hall–Kier alpha value is -4.00. The van der Waals surface area contributed by atoms with Crippen LogP contribution < -0.4 is 24.6 Å². The molecule has 0 fully saturated rings. The minimum atomic E-state index is -0.530.